The molecule has 1 saturated heterocycles. The number of rotatable bonds is 6. The van der Waals surface area contributed by atoms with Crippen LogP contribution in [0.1, 0.15) is 29.8 Å². The molecule has 1 amide bonds. The summed E-state index contributed by atoms with van der Waals surface area (Å²) in [5.74, 6) is -0.442. The van der Waals surface area contributed by atoms with E-state index in [0.717, 1.165) is 5.56 Å². The Balaban J connectivity index is 1.91. The molecule has 2 unspecified atom stereocenters. The van der Waals surface area contributed by atoms with Gasteiger partial charge in [-0.3, -0.25) is 4.79 Å². The van der Waals surface area contributed by atoms with Crippen molar-refractivity contribution in [3.63, 3.8) is 0 Å². The first kappa shape index (κ1) is 23.2. The van der Waals surface area contributed by atoms with Crippen molar-refractivity contribution in [2.75, 3.05) is 19.6 Å². The number of hydrogen-bond donors (Lipinski definition) is 0. The molecule has 31 heavy (non-hydrogen) atoms. The van der Waals surface area contributed by atoms with Crippen molar-refractivity contribution < 1.29 is 17.9 Å². The molecule has 2 atom stereocenters. The fraction of sp³-hybridized carbons (Fsp3) is 0.364. The molecular formula is C22H24ClN3O4S. The molecule has 9 heteroatoms. The van der Waals surface area contributed by atoms with Gasteiger partial charge in [0.2, 0.25) is 10.0 Å². The van der Waals surface area contributed by atoms with Crippen LogP contribution in [0.4, 0.5) is 0 Å². The van der Waals surface area contributed by atoms with E-state index in [1.54, 1.807) is 0 Å². The van der Waals surface area contributed by atoms with Crippen LogP contribution in [0.25, 0.3) is 0 Å². The highest BCUT2D eigenvalue weighted by molar-refractivity contribution is 7.89. The molecular weight excluding hydrogens is 438 g/mol. The summed E-state index contributed by atoms with van der Waals surface area (Å²) in [5.41, 5.74) is 1.02. The molecule has 0 saturated carbocycles. The van der Waals surface area contributed by atoms with E-state index >= 15 is 0 Å². The van der Waals surface area contributed by atoms with Gasteiger partial charge in [0.15, 0.2) is 0 Å². The maximum atomic E-state index is 13.3. The van der Waals surface area contributed by atoms with Crippen LogP contribution in [0.15, 0.2) is 53.4 Å². The van der Waals surface area contributed by atoms with E-state index in [1.165, 1.54) is 27.4 Å². The predicted octanol–water partition coefficient (Wildman–Crippen LogP) is 3.30. The lowest BCUT2D eigenvalue weighted by Gasteiger charge is -2.34. The summed E-state index contributed by atoms with van der Waals surface area (Å²) < 4.78 is 33.5. The summed E-state index contributed by atoms with van der Waals surface area (Å²) in [6.07, 6.45) is -0.502. The van der Waals surface area contributed by atoms with E-state index in [-0.39, 0.29) is 53.9 Å². The monoisotopic (exact) mass is 461 g/mol. The van der Waals surface area contributed by atoms with Crippen LogP contribution < -0.4 is 0 Å². The number of hydrogen-bond acceptors (Lipinski definition) is 5. The van der Waals surface area contributed by atoms with E-state index in [0.29, 0.717) is 0 Å². The van der Waals surface area contributed by atoms with E-state index in [4.69, 9.17) is 16.3 Å². The highest BCUT2D eigenvalue weighted by Crippen LogP contribution is 2.28. The van der Waals surface area contributed by atoms with Gasteiger partial charge < -0.3 is 9.64 Å². The second kappa shape index (κ2) is 9.79. The van der Waals surface area contributed by atoms with Crippen LogP contribution in [-0.2, 0) is 21.3 Å². The van der Waals surface area contributed by atoms with Crippen LogP contribution in [0.2, 0.25) is 5.02 Å². The molecule has 0 spiro atoms. The SMILES string of the molecule is CC1CN(S(=O)(=O)c2cc(C(=O)N(CC#N)Cc3ccccc3)ccc2Cl)CC(C)O1. The van der Waals surface area contributed by atoms with Crippen molar-refractivity contribution in [2.45, 2.75) is 37.5 Å². The van der Waals surface area contributed by atoms with Gasteiger partial charge in [-0.05, 0) is 37.6 Å². The van der Waals surface area contributed by atoms with Gasteiger partial charge in [-0.25, -0.2) is 8.42 Å². The van der Waals surface area contributed by atoms with Crippen LogP contribution in [0.3, 0.4) is 0 Å². The highest BCUT2D eigenvalue weighted by Gasteiger charge is 2.34. The molecule has 0 radical (unpaired) electrons. The summed E-state index contributed by atoms with van der Waals surface area (Å²) in [6, 6.07) is 15.4. The van der Waals surface area contributed by atoms with E-state index in [2.05, 4.69) is 0 Å². The van der Waals surface area contributed by atoms with Gasteiger partial charge in [-0.15, -0.1) is 0 Å². The number of nitrogens with zero attached hydrogens (tertiary/aromatic N) is 3. The number of sulfonamides is 1. The number of morpholine rings is 1. The van der Waals surface area contributed by atoms with Crippen molar-refractivity contribution in [1.29, 1.82) is 5.26 Å². The molecule has 2 aromatic carbocycles. The van der Waals surface area contributed by atoms with Crippen molar-refractivity contribution in [3.05, 3.63) is 64.7 Å². The Bertz CT molecular complexity index is 1080. The number of benzene rings is 2. The molecule has 1 heterocycles. The summed E-state index contributed by atoms with van der Waals surface area (Å²) in [5, 5.41) is 9.22. The van der Waals surface area contributed by atoms with Crippen molar-refractivity contribution >= 4 is 27.5 Å². The van der Waals surface area contributed by atoms with Crippen LogP contribution in [-0.4, -0.2) is 55.4 Å². The van der Waals surface area contributed by atoms with Gasteiger partial charge in [-0.1, -0.05) is 41.9 Å². The standard InChI is InChI=1S/C22H24ClN3O4S/c1-16-13-26(14-17(2)30-16)31(28,29)21-12-19(8-9-20(21)23)22(27)25(11-10-24)15-18-6-4-3-5-7-18/h3-9,12,16-17H,11,13-15H2,1-2H3. The topological polar surface area (TPSA) is 90.7 Å². The second-order valence-corrected chi connectivity index (χ2v) is 9.84. The van der Waals surface area contributed by atoms with Gasteiger partial charge in [0.25, 0.3) is 5.91 Å². The van der Waals surface area contributed by atoms with Crippen molar-refractivity contribution in [2.24, 2.45) is 0 Å². The van der Waals surface area contributed by atoms with Crippen LogP contribution in [0, 0.1) is 11.3 Å². The van der Waals surface area contributed by atoms with E-state index in [1.807, 2.05) is 50.2 Å². The molecule has 0 aromatic heterocycles. The first-order valence-electron chi connectivity index (χ1n) is 9.87. The van der Waals surface area contributed by atoms with Gasteiger partial charge in [-0.2, -0.15) is 9.57 Å². The minimum Gasteiger partial charge on any atom is -0.373 e. The predicted molar refractivity (Wildman–Crippen MR) is 117 cm³/mol. The molecule has 1 fully saturated rings. The van der Waals surface area contributed by atoms with Crippen LogP contribution in [0.5, 0.6) is 0 Å². The van der Waals surface area contributed by atoms with Gasteiger partial charge in [0.1, 0.15) is 11.4 Å². The quantitative estimate of drug-likeness (QED) is 0.615. The highest BCUT2D eigenvalue weighted by atomic mass is 35.5. The average molecular weight is 462 g/mol. The normalized spacial score (nSPS) is 19.5. The maximum absolute atomic E-state index is 13.3. The van der Waals surface area contributed by atoms with E-state index in [9.17, 15) is 18.5 Å². The number of carbonyl (C=O) groups is 1. The molecule has 164 valence electrons. The molecule has 7 nitrogen and oxygen atoms in total. The summed E-state index contributed by atoms with van der Waals surface area (Å²) >= 11 is 6.23. The van der Waals surface area contributed by atoms with Gasteiger partial charge in [0, 0.05) is 25.2 Å². The number of ether oxygens (including phenoxy) is 1. The Morgan fingerprint density at radius 3 is 2.45 bits per heavy atom. The number of amides is 1. The molecule has 0 aliphatic carbocycles. The van der Waals surface area contributed by atoms with Gasteiger partial charge >= 0.3 is 0 Å². The first-order valence-corrected chi connectivity index (χ1v) is 11.7. The third-order valence-corrected chi connectivity index (χ3v) is 7.26. The zero-order chi connectivity index (χ0) is 22.6. The van der Waals surface area contributed by atoms with Crippen LogP contribution >= 0.6 is 11.6 Å². The smallest absolute Gasteiger partial charge is 0.255 e. The molecule has 0 N–H and O–H groups in total. The Labute approximate surface area is 187 Å². The maximum Gasteiger partial charge on any atom is 0.255 e. The third kappa shape index (κ3) is 5.43. The fourth-order valence-electron chi connectivity index (χ4n) is 3.57. The Kier molecular flexibility index (Phi) is 7.34. The zero-order valence-corrected chi connectivity index (χ0v) is 18.9. The summed E-state index contributed by atoms with van der Waals surface area (Å²) in [6.45, 7) is 4.13. The lowest BCUT2D eigenvalue weighted by molar-refractivity contribution is -0.0440. The minimum absolute atomic E-state index is 0.0400. The Morgan fingerprint density at radius 1 is 1.19 bits per heavy atom. The largest absolute Gasteiger partial charge is 0.373 e. The average Bonchev–Trinajstić information content (AvgIpc) is 2.73. The summed E-state index contributed by atoms with van der Waals surface area (Å²) in [7, 11) is -3.93. The lowest BCUT2D eigenvalue weighted by atomic mass is 10.1. The number of carbonyl (C=O) groups excluding carboxylic acids is 1. The van der Waals surface area contributed by atoms with E-state index < -0.39 is 15.9 Å². The Hall–Kier alpha value is -2.44. The van der Waals surface area contributed by atoms with Crippen molar-refractivity contribution in [3.8, 4) is 6.07 Å². The Morgan fingerprint density at radius 2 is 1.84 bits per heavy atom. The third-order valence-electron chi connectivity index (χ3n) is 4.95. The molecule has 3 rings (SSSR count). The molecule has 0 bridgehead atoms. The number of halogens is 1. The molecule has 2 aromatic rings. The van der Waals surface area contributed by atoms with Gasteiger partial charge in [0.05, 0.1) is 23.3 Å². The fourth-order valence-corrected chi connectivity index (χ4v) is 5.66. The second-order valence-electron chi connectivity index (χ2n) is 7.53. The van der Waals surface area contributed by atoms with Crippen molar-refractivity contribution in [1.82, 2.24) is 9.21 Å². The first-order chi connectivity index (χ1) is 14.7. The summed E-state index contributed by atoms with van der Waals surface area (Å²) in [4.78, 5) is 14.4. The number of nitriles is 1. The molecule has 1 aliphatic heterocycles. The molecule has 1 aliphatic rings. The lowest BCUT2D eigenvalue weighted by Crippen LogP contribution is -2.48. The zero-order valence-electron chi connectivity index (χ0n) is 17.4. The minimum atomic E-state index is -3.93.